The summed E-state index contributed by atoms with van der Waals surface area (Å²) in [7, 11) is -1.75. The van der Waals surface area contributed by atoms with Crippen LogP contribution in [0.1, 0.15) is 11.1 Å². The first-order chi connectivity index (χ1) is 12.8. The molecule has 27 heavy (non-hydrogen) atoms. The molecule has 6 nitrogen and oxygen atoms in total. The van der Waals surface area contributed by atoms with Crippen LogP contribution in [0.4, 0.5) is 5.69 Å². The van der Waals surface area contributed by atoms with Gasteiger partial charge in [0.15, 0.2) is 9.84 Å². The number of ether oxygens (including phenoxy) is 1. The summed E-state index contributed by atoms with van der Waals surface area (Å²) >= 11 is 6.10. The molecule has 144 valence electrons. The van der Waals surface area contributed by atoms with Gasteiger partial charge in [-0.05, 0) is 47.9 Å². The zero-order chi connectivity index (χ0) is 19.6. The zero-order valence-corrected chi connectivity index (χ0v) is 16.7. The van der Waals surface area contributed by atoms with Gasteiger partial charge in [0.05, 0.1) is 29.3 Å². The Morgan fingerprint density at radius 2 is 2.00 bits per heavy atom. The number of carbonyl (C=O) groups is 1. The molecule has 1 amide bonds. The molecular weight excluding hydrogens is 388 g/mol. The maximum atomic E-state index is 12.4. The van der Waals surface area contributed by atoms with Gasteiger partial charge >= 0.3 is 0 Å². The van der Waals surface area contributed by atoms with Crippen molar-refractivity contribution in [2.75, 3.05) is 31.8 Å². The van der Waals surface area contributed by atoms with E-state index in [2.05, 4.69) is 11.4 Å². The standard InChI is InChI=1S/C19H21ClN2O4S/c1-26-15-4-3-13-7-8-22(11-14(13)9-15)12-19(23)21-18-10-16(27(2,24)25)5-6-17(18)20/h3-6,9-10H,7-8,11-12H2,1-2H3,(H,21,23). The summed E-state index contributed by atoms with van der Waals surface area (Å²) in [5.41, 5.74) is 2.70. The number of halogens is 1. The van der Waals surface area contributed by atoms with Gasteiger partial charge in [0.2, 0.25) is 5.91 Å². The van der Waals surface area contributed by atoms with Crippen LogP contribution < -0.4 is 10.1 Å². The van der Waals surface area contributed by atoms with E-state index >= 15 is 0 Å². The van der Waals surface area contributed by atoms with Crippen molar-refractivity contribution >= 4 is 33.0 Å². The summed E-state index contributed by atoms with van der Waals surface area (Å²) < 4.78 is 28.7. The Kier molecular flexibility index (Phi) is 5.74. The molecule has 1 aliphatic heterocycles. The largest absolute Gasteiger partial charge is 0.497 e. The van der Waals surface area contributed by atoms with Crippen LogP contribution in [0.2, 0.25) is 5.02 Å². The van der Waals surface area contributed by atoms with Gasteiger partial charge in [0.25, 0.3) is 0 Å². The molecule has 0 aliphatic carbocycles. The first-order valence-corrected chi connectivity index (χ1v) is 10.7. The smallest absolute Gasteiger partial charge is 0.238 e. The fourth-order valence-electron chi connectivity index (χ4n) is 3.08. The molecule has 3 rings (SSSR count). The summed E-state index contributed by atoms with van der Waals surface area (Å²) in [5.74, 6) is 0.554. The molecular formula is C19H21ClN2O4S. The van der Waals surface area contributed by atoms with Crippen molar-refractivity contribution < 1.29 is 17.9 Å². The summed E-state index contributed by atoms with van der Waals surface area (Å²) in [6.45, 7) is 1.61. The number of fused-ring (bicyclic) bond motifs is 1. The van der Waals surface area contributed by atoms with Gasteiger partial charge in [-0.1, -0.05) is 17.7 Å². The van der Waals surface area contributed by atoms with Gasteiger partial charge in [-0.3, -0.25) is 9.69 Å². The lowest BCUT2D eigenvalue weighted by molar-refractivity contribution is -0.117. The van der Waals surface area contributed by atoms with E-state index in [4.69, 9.17) is 16.3 Å². The number of hydrogen-bond acceptors (Lipinski definition) is 5. The molecule has 1 aliphatic rings. The van der Waals surface area contributed by atoms with Crippen molar-refractivity contribution in [3.8, 4) is 5.75 Å². The highest BCUT2D eigenvalue weighted by atomic mass is 35.5. The molecule has 0 spiro atoms. The van der Waals surface area contributed by atoms with E-state index in [9.17, 15) is 13.2 Å². The van der Waals surface area contributed by atoms with Gasteiger partial charge < -0.3 is 10.1 Å². The van der Waals surface area contributed by atoms with Crippen LogP contribution in [0, 0.1) is 0 Å². The van der Waals surface area contributed by atoms with E-state index < -0.39 is 9.84 Å². The second kappa shape index (κ2) is 7.88. The molecule has 1 heterocycles. The quantitative estimate of drug-likeness (QED) is 0.823. The molecule has 0 radical (unpaired) electrons. The van der Waals surface area contributed by atoms with Crippen molar-refractivity contribution in [3.63, 3.8) is 0 Å². The van der Waals surface area contributed by atoms with Gasteiger partial charge in [0, 0.05) is 19.3 Å². The zero-order valence-electron chi connectivity index (χ0n) is 15.2. The van der Waals surface area contributed by atoms with Crippen molar-refractivity contribution in [1.29, 1.82) is 0 Å². The van der Waals surface area contributed by atoms with Crippen LogP contribution in [0.25, 0.3) is 0 Å². The van der Waals surface area contributed by atoms with E-state index in [1.54, 1.807) is 7.11 Å². The Morgan fingerprint density at radius 1 is 1.22 bits per heavy atom. The Morgan fingerprint density at radius 3 is 2.70 bits per heavy atom. The topological polar surface area (TPSA) is 75.7 Å². The molecule has 0 saturated carbocycles. The number of methoxy groups -OCH3 is 1. The second-order valence-electron chi connectivity index (χ2n) is 6.56. The highest BCUT2D eigenvalue weighted by Crippen LogP contribution is 2.26. The summed E-state index contributed by atoms with van der Waals surface area (Å²) in [6, 6.07) is 10.3. The molecule has 8 heteroatoms. The van der Waals surface area contributed by atoms with Gasteiger partial charge in [0.1, 0.15) is 5.75 Å². The van der Waals surface area contributed by atoms with Crippen LogP contribution in [0.15, 0.2) is 41.3 Å². The van der Waals surface area contributed by atoms with Crippen LogP contribution in [-0.2, 0) is 27.6 Å². The lowest BCUT2D eigenvalue weighted by Gasteiger charge is -2.28. The van der Waals surface area contributed by atoms with Crippen LogP contribution in [-0.4, -0.2) is 45.7 Å². The van der Waals surface area contributed by atoms with Gasteiger partial charge in [-0.2, -0.15) is 0 Å². The number of nitrogens with zero attached hydrogens (tertiary/aromatic N) is 1. The molecule has 0 aromatic heterocycles. The average molecular weight is 409 g/mol. The fourth-order valence-corrected chi connectivity index (χ4v) is 3.89. The highest BCUT2D eigenvalue weighted by Gasteiger charge is 2.20. The number of amides is 1. The van der Waals surface area contributed by atoms with E-state index in [0.717, 1.165) is 30.5 Å². The molecule has 0 atom stereocenters. The monoisotopic (exact) mass is 408 g/mol. The first-order valence-electron chi connectivity index (χ1n) is 8.44. The number of hydrogen-bond donors (Lipinski definition) is 1. The molecule has 0 unspecified atom stereocenters. The first kappa shape index (κ1) is 19.7. The Bertz CT molecular complexity index is 976. The normalized spacial score (nSPS) is 14.5. The maximum Gasteiger partial charge on any atom is 0.238 e. The SMILES string of the molecule is COc1ccc2c(c1)CN(CC(=O)Nc1cc(S(C)(=O)=O)ccc1Cl)CC2. The molecule has 0 bridgehead atoms. The average Bonchev–Trinajstić information content (AvgIpc) is 2.62. The molecule has 0 saturated heterocycles. The number of carbonyl (C=O) groups excluding carboxylic acids is 1. The van der Waals surface area contributed by atoms with Crippen LogP contribution in [0.3, 0.4) is 0 Å². The molecule has 1 N–H and O–H groups in total. The summed E-state index contributed by atoms with van der Waals surface area (Å²) in [6.07, 6.45) is 1.97. The second-order valence-corrected chi connectivity index (χ2v) is 8.98. The van der Waals surface area contributed by atoms with Crippen molar-refractivity contribution in [2.24, 2.45) is 0 Å². The minimum Gasteiger partial charge on any atom is -0.497 e. The lowest BCUT2D eigenvalue weighted by atomic mass is 9.99. The number of anilines is 1. The Hall–Kier alpha value is -2.09. The third kappa shape index (κ3) is 4.80. The van der Waals surface area contributed by atoms with Crippen LogP contribution in [0.5, 0.6) is 5.75 Å². The molecule has 2 aromatic rings. The van der Waals surface area contributed by atoms with Crippen molar-refractivity contribution in [3.05, 3.63) is 52.5 Å². The third-order valence-electron chi connectivity index (χ3n) is 4.51. The fraction of sp³-hybridized carbons (Fsp3) is 0.316. The van der Waals surface area contributed by atoms with E-state index in [-0.39, 0.29) is 17.3 Å². The number of nitrogens with one attached hydrogen (secondary N) is 1. The summed E-state index contributed by atoms with van der Waals surface area (Å²) in [4.78, 5) is 14.6. The summed E-state index contributed by atoms with van der Waals surface area (Å²) in [5, 5.41) is 3.01. The Balaban J connectivity index is 1.68. The highest BCUT2D eigenvalue weighted by molar-refractivity contribution is 7.90. The molecule has 0 fully saturated rings. The van der Waals surface area contributed by atoms with Gasteiger partial charge in [-0.15, -0.1) is 0 Å². The predicted molar refractivity (Wildman–Crippen MR) is 105 cm³/mol. The number of sulfone groups is 1. The minimum absolute atomic E-state index is 0.112. The van der Waals surface area contributed by atoms with E-state index in [1.807, 2.05) is 17.0 Å². The minimum atomic E-state index is -3.38. The maximum absolute atomic E-state index is 12.4. The van der Waals surface area contributed by atoms with Crippen molar-refractivity contribution in [2.45, 2.75) is 17.9 Å². The van der Waals surface area contributed by atoms with E-state index in [1.165, 1.54) is 23.8 Å². The van der Waals surface area contributed by atoms with Crippen LogP contribution >= 0.6 is 11.6 Å². The van der Waals surface area contributed by atoms with Crippen molar-refractivity contribution in [1.82, 2.24) is 4.90 Å². The predicted octanol–water partition coefficient (Wildman–Crippen LogP) is 2.75. The Labute approximate surface area is 164 Å². The van der Waals surface area contributed by atoms with E-state index in [0.29, 0.717) is 17.3 Å². The number of rotatable bonds is 5. The molecule has 2 aromatic carbocycles. The number of benzene rings is 2. The van der Waals surface area contributed by atoms with Gasteiger partial charge in [-0.25, -0.2) is 8.42 Å². The third-order valence-corrected chi connectivity index (χ3v) is 5.95. The lowest BCUT2D eigenvalue weighted by Crippen LogP contribution is -2.37.